The fraction of sp³-hybridized carbons (Fsp3) is 0.500. The fourth-order valence-electron chi connectivity index (χ4n) is 3.58. The Bertz CT molecular complexity index is 455. The predicted molar refractivity (Wildman–Crippen MR) is 60.3 cm³/mol. The van der Waals surface area contributed by atoms with E-state index in [1.54, 1.807) is 7.11 Å². The van der Waals surface area contributed by atoms with Gasteiger partial charge in [0.2, 0.25) is 0 Å². The van der Waals surface area contributed by atoms with Crippen LogP contribution < -0.4 is 56.1 Å². The number of para-hydroxylation sites is 1. The SMILES string of the molecule is COc1ccccc1C12CC([B-](F)(F)F)(C1)C2.[K+]. The molecule has 18 heavy (non-hydrogen) atoms. The van der Waals surface area contributed by atoms with Gasteiger partial charge in [0.1, 0.15) is 5.75 Å². The van der Waals surface area contributed by atoms with Crippen molar-refractivity contribution in [1.29, 1.82) is 0 Å². The second-order valence-electron chi connectivity index (χ2n) is 5.45. The summed E-state index contributed by atoms with van der Waals surface area (Å²) in [5, 5.41) is -1.33. The van der Waals surface area contributed by atoms with Crippen molar-refractivity contribution in [3.8, 4) is 5.75 Å². The third kappa shape index (κ3) is 1.84. The number of hydrogen-bond acceptors (Lipinski definition) is 1. The molecule has 6 heteroatoms. The van der Waals surface area contributed by atoms with Crippen LogP contribution in [0.5, 0.6) is 5.75 Å². The summed E-state index contributed by atoms with van der Waals surface area (Å²) in [4.78, 5) is 0. The molecule has 4 rings (SSSR count). The Morgan fingerprint density at radius 1 is 1.11 bits per heavy atom. The topological polar surface area (TPSA) is 9.23 Å². The van der Waals surface area contributed by atoms with E-state index < -0.39 is 12.3 Å². The van der Waals surface area contributed by atoms with E-state index in [9.17, 15) is 12.9 Å². The molecular weight excluding hydrogens is 267 g/mol. The third-order valence-electron chi connectivity index (χ3n) is 4.44. The maximum atomic E-state index is 12.8. The molecule has 3 saturated carbocycles. The molecule has 3 aliphatic rings. The summed E-state index contributed by atoms with van der Waals surface area (Å²) in [5.41, 5.74) is 0.688. The molecule has 0 saturated heterocycles. The van der Waals surface area contributed by atoms with Crippen molar-refractivity contribution in [2.45, 2.75) is 30.0 Å². The molecule has 1 aromatic rings. The van der Waals surface area contributed by atoms with E-state index in [0.717, 1.165) is 11.3 Å². The van der Waals surface area contributed by atoms with E-state index in [1.165, 1.54) is 0 Å². The number of methoxy groups -OCH3 is 1. The summed E-state index contributed by atoms with van der Waals surface area (Å²) in [7, 11) is 1.56. The van der Waals surface area contributed by atoms with Gasteiger partial charge in [-0.25, -0.2) is 0 Å². The molecule has 0 amide bonds. The molecular formula is C12H13BF3KO. The molecule has 0 aliphatic heterocycles. The first-order valence-corrected chi connectivity index (χ1v) is 5.75. The van der Waals surface area contributed by atoms with E-state index in [4.69, 9.17) is 4.74 Å². The van der Waals surface area contributed by atoms with Crippen LogP contribution in [0.4, 0.5) is 12.9 Å². The summed E-state index contributed by atoms with van der Waals surface area (Å²) < 4.78 is 43.7. The second-order valence-corrected chi connectivity index (χ2v) is 5.45. The Hall–Kier alpha value is 0.511. The normalized spacial score (nSPS) is 32.9. The first kappa shape index (κ1) is 14.9. The van der Waals surface area contributed by atoms with Crippen molar-refractivity contribution in [1.82, 2.24) is 0 Å². The van der Waals surface area contributed by atoms with Gasteiger partial charge in [0.05, 0.1) is 7.11 Å². The van der Waals surface area contributed by atoms with Gasteiger partial charge in [-0.15, -0.1) is 0 Å². The monoisotopic (exact) mass is 280 g/mol. The predicted octanol–water partition coefficient (Wildman–Crippen LogP) is 0.722. The van der Waals surface area contributed by atoms with Crippen LogP contribution in [0.3, 0.4) is 0 Å². The summed E-state index contributed by atoms with van der Waals surface area (Å²) in [6.45, 7) is -4.69. The minimum Gasteiger partial charge on any atom is -0.496 e. The molecule has 0 radical (unpaired) electrons. The average molecular weight is 280 g/mol. The van der Waals surface area contributed by atoms with Crippen molar-refractivity contribution in [3.63, 3.8) is 0 Å². The molecule has 0 spiro atoms. The first-order valence-electron chi connectivity index (χ1n) is 5.75. The molecule has 2 bridgehead atoms. The fourth-order valence-corrected chi connectivity index (χ4v) is 3.58. The molecule has 3 fully saturated rings. The largest absolute Gasteiger partial charge is 1.00 e. The van der Waals surface area contributed by atoms with E-state index in [0.29, 0.717) is 0 Å². The molecule has 0 unspecified atom stereocenters. The van der Waals surface area contributed by atoms with Gasteiger partial charge in [-0.2, -0.15) is 0 Å². The van der Waals surface area contributed by atoms with Gasteiger partial charge in [-0.3, -0.25) is 0 Å². The number of benzene rings is 1. The Kier molecular flexibility index (Phi) is 3.74. The van der Waals surface area contributed by atoms with Crippen LogP contribution in [-0.2, 0) is 5.41 Å². The van der Waals surface area contributed by atoms with Crippen molar-refractivity contribution in [2.75, 3.05) is 7.11 Å². The average Bonchev–Trinajstić information content (AvgIpc) is 2.12. The van der Waals surface area contributed by atoms with Crippen molar-refractivity contribution in [3.05, 3.63) is 29.8 Å². The Morgan fingerprint density at radius 2 is 1.67 bits per heavy atom. The van der Waals surface area contributed by atoms with Gasteiger partial charge in [-0.1, -0.05) is 42.8 Å². The van der Waals surface area contributed by atoms with E-state index in [2.05, 4.69) is 0 Å². The molecule has 0 atom stereocenters. The van der Waals surface area contributed by atoms with E-state index in [-0.39, 0.29) is 76.1 Å². The molecule has 92 valence electrons. The summed E-state index contributed by atoms with van der Waals surface area (Å²) in [6, 6.07) is 7.42. The zero-order chi connectivity index (χ0) is 12.3. The van der Waals surface area contributed by atoms with Gasteiger partial charge in [0.25, 0.3) is 0 Å². The van der Waals surface area contributed by atoms with Crippen LogP contribution in [0.25, 0.3) is 0 Å². The maximum Gasteiger partial charge on any atom is 1.00 e. The van der Waals surface area contributed by atoms with Crippen LogP contribution in [0, 0.1) is 0 Å². The zero-order valence-electron chi connectivity index (χ0n) is 10.6. The minimum atomic E-state index is -4.69. The van der Waals surface area contributed by atoms with E-state index in [1.807, 2.05) is 24.3 Å². The van der Waals surface area contributed by atoms with Crippen LogP contribution in [0.1, 0.15) is 24.8 Å². The van der Waals surface area contributed by atoms with Gasteiger partial charge < -0.3 is 17.7 Å². The van der Waals surface area contributed by atoms with Gasteiger partial charge >= 0.3 is 58.4 Å². The number of rotatable bonds is 3. The maximum absolute atomic E-state index is 12.8. The van der Waals surface area contributed by atoms with Gasteiger partial charge in [-0.05, 0) is 17.0 Å². The standard InChI is InChI=1S/C12H13BF3O.K/c1-17-10-5-3-2-4-9(10)11-6-12(7-11,8-11)13(14,15)16;/h2-5H,6-8H2,1H3;/q-1;+1. The van der Waals surface area contributed by atoms with E-state index >= 15 is 0 Å². The molecule has 1 aromatic carbocycles. The summed E-state index contributed by atoms with van der Waals surface area (Å²) >= 11 is 0. The Balaban J connectivity index is 0.00000120. The van der Waals surface area contributed by atoms with Crippen LogP contribution >= 0.6 is 0 Å². The van der Waals surface area contributed by atoms with Crippen molar-refractivity contribution < 1.29 is 69.1 Å². The van der Waals surface area contributed by atoms with Gasteiger partial charge in [0, 0.05) is 0 Å². The molecule has 0 aromatic heterocycles. The number of halogens is 3. The zero-order valence-corrected chi connectivity index (χ0v) is 13.7. The van der Waals surface area contributed by atoms with Crippen LogP contribution in [0.15, 0.2) is 24.3 Å². The quantitative estimate of drug-likeness (QED) is 0.741. The molecule has 1 nitrogen and oxygen atoms in total. The number of hydrogen-bond donors (Lipinski definition) is 0. The summed E-state index contributed by atoms with van der Waals surface area (Å²) in [5.74, 6) is 0.718. The molecule has 3 aliphatic carbocycles. The molecule has 0 N–H and O–H groups in total. The molecule has 0 heterocycles. The van der Waals surface area contributed by atoms with Crippen LogP contribution in [0.2, 0.25) is 5.31 Å². The van der Waals surface area contributed by atoms with Crippen molar-refractivity contribution >= 4 is 6.98 Å². The van der Waals surface area contributed by atoms with Crippen molar-refractivity contribution in [2.24, 2.45) is 0 Å². The first-order chi connectivity index (χ1) is 7.93. The third-order valence-corrected chi connectivity index (χ3v) is 4.44. The minimum absolute atomic E-state index is 0. The smallest absolute Gasteiger partial charge is 0.496 e. The Morgan fingerprint density at radius 3 is 2.17 bits per heavy atom. The number of ether oxygens (including phenoxy) is 1. The van der Waals surface area contributed by atoms with Crippen LogP contribution in [-0.4, -0.2) is 14.1 Å². The second kappa shape index (κ2) is 4.52. The Labute approximate surface area is 147 Å². The van der Waals surface area contributed by atoms with Gasteiger partial charge in [0.15, 0.2) is 0 Å². The summed E-state index contributed by atoms with van der Waals surface area (Å²) in [6.07, 6.45) is 0.762.